The van der Waals surface area contributed by atoms with E-state index in [9.17, 15) is 9.59 Å². The first kappa shape index (κ1) is 20.7. The van der Waals surface area contributed by atoms with Gasteiger partial charge >= 0.3 is 5.91 Å². The van der Waals surface area contributed by atoms with Gasteiger partial charge in [0.1, 0.15) is 0 Å². The van der Waals surface area contributed by atoms with E-state index in [2.05, 4.69) is 31.4 Å². The summed E-state index contributed by atoms with van der Waals surface area (Å²) in [5, 5.41) is 4.67. The Morgan fingerprint density at radius 2 is 1.77 bits per heavy atom. The number of hydrogen-bond acceptors (Lipinski definition) is 4. The summed E-state index contributed by atoms with van der Waals surface area (Å²) >= 11 is 3.43. The summed E-state index contributed by atoms with van der Waals surface area (Å²) in [5.74, 6) is -0.536. The van der Waals surface area contributed by atoms with Gasteiger partial charge in [0.05, 0.1) is 23.2 Å². The lowest BCUT2D eigenvalue weighted by Crippen LogP contribution is -2.32. The summed E-state index contributed by atoms with van der Waals surface area (Å²) in [6.45, 7) is 2.03. The number of aromatic nitrogens is 2. The quantitative estimate of drug-likeness (QED) is 0.344. The minimum Gasteiger partial charge on any atom is -0.283 e. The molecule has 1 amide bonds. The van der Waals surface area contributed by atoms with E-state index in [4.69, 9.17) is 0 Å². The van der Waals surface area contributed by atoms with Crippen LogP contribution in [0.1, 0.15) is 28.7 Å². The molecule has 3 aromatic carbocycles. The normalized spacial score (nSPS) is 11.5. The first-order valence-corrected chi connectivity index (χ1v) is 10.5. The number of benzene rings is 3. The van der Waals surface area contributed by atoms with E-state index in [1.54, 1.807) is 31.2 Å². The van der Waals surface area contributed by atoms with Gasteiger partial charge in [0.25, 0.3) is 5.56 Å². The number of para-hydroxylation sites is 1. The highest BCUT2D eigenvalue weighted by atomic mass is 79.9. The van der Waals surface area contributed by atoms with Gasteiger partial charge in [0.2, 0.25) is 5.82 Å². The number of nitrogens with one attached hydrogen (secondary N) is 1. The molecule has 0 unspecified atom stereocenters. The van der Waals surface area contributed by atoms with Crippen molar-refractivity contribution < 1.29 is 4.79 Å². The maximum atomic E-state index is 13.2. The Balaban J connectivity index is 1.73. The minimum atomic E-state index is -0.548. The number of amides is 1. The molecule has 0 saturated heterocycles. The second-order valence-corrected chi connectivity index (χ2v) is 7.89. The lowest BCUT2D eigenvalue weighted by Gasteiger charge is -2.13. The molecule has 0 fully saturated rings. The van der Waals surface area contributed by atoms with Gasteiger partial charge in [-0.05, 0) is 42.3 Å². The van der Waals surface area contributed by atoms with E-state index in [1.165, 1.54) is 4.57 Å². The molecule has 1 N–H and O–H groups in total. The molecule has 0 bridgehead atoms. The highest BCUT2D eigenvalue weighted by Crippen LogP contribution is 2.13. The van der Waals surface area contributed by atoms with Crippen LogP contribution in [0.5, 0.6) is 0 Å². The van der Waals surface area contributed by atoms with Crippen LogP contribution in [0.2, 0.25) is 0 Å². The van der Waals surface area contributed by atoms with Gasteiger partial charge in [-0.1, -0.05) is 70.5 Å². The number of nitrogens with zero attached hydrogens (tertiary/aromatic N) is 3. The van der Waals surface area contributed by atoms with Crippen molar-refractivity contribution in [3.8, 4) is 0 Å². The van der Waals surface area contributed by atoms with Crippen molar-refractivity contribution in [3.63, 3.8) is 0 Å². The minimum absolute atomic E-state index is 0.0124. The van der Waals surface area contributed by atoms with Gasteiger partial charge in [0, 0.05) is 4.47 Å². The summed E-state index contributed by atoms with van der Waals surface area (Å²) in [6.07, 6.45) is 0. The lowest BCUT2D eigenvalue weighted by atomic mass is 10.1. The Labute approximate surface area is 187 Å². The molecule has 0 radical (unpaired) electrons. The monoisotopic (exact) mass is 474 g/mol. The van der Waals surface area contributed by atoms with Crippen molar-refractivity contribution in [3.05, 3.63) is 111 Å². The van der Waals surface area contributed by atoms with Gasteiger partial charge in [-0.25, -0.2) is 10.4 Å². The number of rotatable bonds is 5. The van der Waals surface area contributed by atoms with Crippen molar-refractivity contribution in [1.82, 2.24) is 15.0 Å². The van der Waals surface area contributed by atoms with E-state index in [0.29, 0.717) is 16.6 Å². The van der Waals surface area contributed by atoms with E-state index in [-0.39, 0.29) is 17.9 Å². The highest BCUT2D eigenvalue weighted by molar-refractivity contribution is 9.10. The van der Waals surface area contributed by atoms with Crippen LogP contribution in [0.4, 0.5) is 0 Å². The Bertz CT molecular complexity index is 1350. The first-order chi connectivity index (χ1) is 15.0. The fourth-order valence-electron chi connectivity index (χ4n) is 3.22. The fourth-order valence-corrected chi connectivity index (χ4v) is 3.62. The molecule has 6 nitrogen and oxygen atoms in total. The molecular formula is C24H19BrN4O2. The highest BCUT2D eigenvalue weighted by Gasteiger charge is 2.17. The zero-order chi connectivity index (χ0) is 21.8. The van der Waals surface area contributed by atoms with Crippen molar-refractivity contribution in [2.24, 2.45) is 5.10 Å². The van der Waals surface area contributed by atoms with E-state index in [0.717, 1.165) is 15.6 Å². The SMILES string of the molecule is C/C(=N/NC(=O)c1nc2ccccc2c(=O)n1Cc1ccccc1)c1cccc(Br)c1. The van der Waals surface area contributed by atoms with Crippen LogP contribution in [0.15, 0.2) is 93.2 Å². The van der Waals surface area contributed by atoms with Crippen molar-refractivity contribution >= 4 is 38.5 Å². The molecule has 0 saturated carbocycles. The number of carbonyl (C=O) groups excluding carboxylic acids is 1. The maximum absolute atomic E-state index is 13.2. The summed E-state index contributed by atoms with van der Waals surface area (Å²) in [6, 6.07) is 24.1. The third kappa shape index (κ3) is 4.62. The number of fused-ring (bicyclic) bond motifs is 1. The summed E-state index contributed by atoms with van der Waals surface area (Å²) in [7, 11) is 0. The molecule has 1 aromatic heterocycles. The second kappa shape index (κ2) is 9.06. The maximum Gasteiger partial charge on any atom is 0.307 e. The third-order valence-electron chi connectivity index (χ3n) is 4.82. The lowest BCUT2D eigenvalue weighted by molar-refractivity contribution is 0.0939. The van der Waals surface area contributed by atoms with Crippen LogP contribution in [0, 0.1) is 0 Å². The predicted molar refractivity (Wildman–Crippen MR) is 125 cm³/mol. The third-order valence-corrected chi connectivity index (χ3v) is 5.31. The van der Waals surface area contributed by atoms with Crippen molar-refractivity contribution in [2.45, 2.75) is 13.5 Å². The van der Waals surface area contributed by atoms with Crippen LogP contribution in [-0.4, -0.2) is 21.2 Å². The number of hydrazone groups is 1. The zero-order valence-corrected chi connectivity index (χ0v) is 18.3. The van der Waals surface area contributed by atoms with E-state index >= 15 is 0 Å². The standard InChI is InChI=1S/C24H19BrN4O2/c1-16(18-10-7-11-19(25)14-18)27-28-23(30)22-26-21-13-6-5-12-20(21)24(31)29(22)15-17-8-3-2-4-9-17/h2-14H,15H2,1H3,(H,28,30)/b27-16-. The molecule has 1 heterocycles. The molecule has 154 valence electrons. The van der Waals surface area contributed by atoms with E-state index < -0.39 is 5.91 Å². The molecule has 0 aliphatic carbocycles. The van der Waals surface area contributed by atoms with Gasteiger partial charge in [0.15, 0.2) is 0 Å². The molecule has 4 aromatic rings. The van der Waals surface area contributed by atoms with Gasteiger partial charge in [-0.2, -0.15) is 5.10 Å². The first-order valence-electron chi connectivity index (χ1n) is 9.67. The molecule has 7 heteroatoms. The number of carbonyl (C=O) groups is 1. The molecule has 0 aliphatic heterocycles. The molecular weight excluding hydrogens is 456 g/mol. The average molecular weight is 475 g/mol. The summed E-state index contributed by atoms with van der Waals surface area (Å²) < 4.78 is 2.30. The topological polar surface area (TPSA) is 76.3 Å². The molecule has 31 heavy (non-hydrogen) atoms. The van der Waals surface area contributed by atoms with Gasteiger partial charge < -0.3 is 0 Å². The molecule has 0 atom stereocenters. The largest absolute Gasteiger partial charge is 0.307 e. The van der Waals surface area contributed by atoms with Crippen LogP contribution in [0.3, 0.4) is 0 Å². The number of hydrogen-bond donors (Lipinski definition) is 1. The average Bonchev–Trinajstić information content (AvgIpc) is 2.79. The van der Waals surface area contributed by atoms with Crippen LogP contribution in [-0.2, 0) is 6.54 Å². The molecule has 4 rings (SSSR count). The van der Waals surface area contributed by atoms with Crippen LogP contribution >= 0.6 is 15.9 Å². The Kier molecular flexibility index (Phi) is 6.04. The van der Waals surface area contributed by atoms with Gasteiger partial charge in [-0.15, -0.1) is 0 Å². The second-order valence-electron chi connectivity index (χ2n) is 6.98. The molecule has 0 spiro atoms. The predicted octanol–water partition coefficient (Wildman–Crippen LogP) is 4.36. The Morgan fingerprint density at radius 1 is 1.03 bits per heavy atom. The van der Waals surface area contributed by atoms with Crippen LogP contribution in [0.25, 0.3) is 10.9 Å². The Hall–Kier alpha value is -3.58. The van der Waals surface area contributed by atoms with Crippen LogP contribution < -0.4 is 11.0 Å². The fraction of sp³-hybridized carbons (Fsp3) is 0.0833. The summed E-state index contributed by atoms with van der Waals surface area (Å²) in [5.41, 5.74) is 5.13. The van der Waals surface area contributed by atoms with Gasteiger partial charge in [-0.3, -0.25) is 14.2 Å². The van der Waals surface area contributed by atoms with Crippen molar-refractivity contribution in [1.29, 1.82) is 0 Å². The smallest absolute Gasteiger partial charge is 0.283 e. The Morgan fingerprint density at radius 3 is 2.55 bits per heavy atom. The zero-order valence-electron chi connectivity index (χ0n) is 16.7. The number of halogens is 1. The summed E-state index contributed by atoms with van der Waals surface area (Å²) in [4.78, 5) is 30.6. The van der Waals surface area contributed by atoms with Crippen molar-refractivity contribution in [2.75, 3.05) is 0 Å². The van der Waals surface area contributed by atoms with E-state index in [1.807, 2.05) is 54.6 Å². The molecule has 0 aliphatic rings.